The van der Waals surface area contributed by atoms with Gasteiger partial charge in [-0.25, -0.2) is 9.97 Å². The van der Waals surface area contributed by atoms with E-state index in [9.17, 15) is 9.59 Å². The number of thioether (sulfide) groups is 1. The van der Waals surface area contributed by atoms with Gasteiger partial charge in [-0.15, -0.1) is 0 Å². The molecule has 0 saturated carbocycles. The standard InChI is InChI=1S/C20H17BrN4O3S/c1-28-9-8-24-19(27)15-4-2-3-5-16(15)23-20(24)29-12-14-10-18(26)25-11-13(21)6-7-17(25)22-14/h2-7,10-11H,8-9,12H2,1H3. The number of aromatic nitrogens is 4. The van der Waals surface area contributed by atoms with Gasteiger partial charge < -0.3 is 4.74 Å². The monoisotopic (exact) mass is 472 g/mol. The van der Waals surface area contributed by atoms with Crippen LogP contribution in [-0.2, 0) is 17.0 Å². The van der Waals surface area contributed by atoms with Gasteiger partial charge in [-0.2, -0.15) is 0 Å². The van der Waals surface area contributed by atoms with E-state index in [1.165, 1.54) is 22.2 Å². The molecule has 0 unspecified atom stereocenters. The zero-order valence-electron chi connectivity index (χ0n) is 15.5. The van der Waals surface area contributed by atoms with Crippen LogP contribution in [-0.4, -0.2) is 32.7 Å². The molecule has 0 aliphatic rings. The molecule has 3 heterocycles. The maximum atomic E-state index is 12.9. The summed E-state index contributed by atoms with van der Waals surface area (Å²) in [6.45, 7) is 0.801. The average Bonchev–Trinajstić information content (AvgIpc) is 2.72. The first-order valence-corrected chi connectivity index (χ1v) is 10.6. The number of hydrogen-bond donors (Lipinski definition) is 0. The maximum absolute atomic E-state index is 12.9. The summed E-state index contributed by atoms with van der Waals surface area (Å²) >= 11 is 4.74. The van der Waals surface area contributed by atoms with Crippen molar-refractivity contribution in [3.63, 3.8) is 0 Å². The number of nitrogens with zero attached hydrogens (tertiary/aromatic N) is 4. The summed E-state index contributed by atoms with van der Waals surface area (Å²) in [6, 6.07) is 12.4. The molecule has 0 N–H and O–H groups in total. The van der Waals surface area contributed by atoms with E-state index >= 15 is 0 Å². The van der Waals surface area contributed by atoms with Gasteiger partial charge in [-0.3, -0.25) is 18.6 Å². The summed E-state index contributed by atoms with van der Waals surface area (Å²) in [5, 5.41) is 1.14. The molecular formula is C20H17BrN4O3S. The summed E-state index contributed by atoms with van der Waals surface area (Å²) in [5.74, 6) is 0.416. The van der Waals surface area contributed by atoms with Crippen LogP contribution < -0.4 is 11.1 Å². The van der Waals surface area contributed by atoms with E-state index < -0.39 is 0 Å². The van der Waals surface area contributed by atoms with Crippen LogP contribution >= 0.6 is 27.7 Å². The van der Waals surface area contributed by atoms with E-state index in [-0.39, 0.29) is 11.1 Å². The minimum atomic E-state index is -0.157. The molecule has 0 radical (unpaired) electrons. The van der Waals surface area contributed by atoms with Crippen molar-refractivity contribution in [2.75, 3.05) is 13.7 Å². The quantitative estimate of drug-likeness (QED) is 0.317. The molecular weight excluding hydrogens is 456 g/mol. The molecule has 0 aliphatic heterocycles. The van der Waals surface area contributed by atoms with E-state index in [2.05, 4.69) is 25.9 Å². The number of para-hydroxylation sites is 1. The maximum Gasteiger partial charge on any atom is 0.262 e. The van der Waals surface area contributed by atoms with E-state index in [4.69, 9.17) is 4.74 Å². The molecule has 0 atom stereocenters. The Bertz CT molecular complexity index is 1320. The van der Waals surface area contributed by atoms with Crippen LogP contribution in [0.15, 0.2) is 67.9 Å². The van der Waals surface area contributed by atoms with Gasteiger partial charge in [0.1, 0.15) is 5.65 Å². The molecule has 3 aromatic heterocycles. The molecule has 0 bridgehead atoms. The number of ether oxygens (including phenoxy) is 1. The van der Waals surface area contributed by atoms with Gasteiger partial charge >= 0.3 is 0 Å². The van der Waals surface area contributed by atoms with E-state index in [1.807, 2.05) is 24.3 Å². The fourth-order valence-corrected chi connectivity index (χ4v) is 4.23. The van der Waals surface area contributed by atoms with E-state index in [0.717, 1.165) is 4.47 Å². The number of methoxy groups -OCH3 is 1. The Hall–Kier alpha value is -2.49. The van der Waals surface area contributed by atoms with Crippen LogP contribution in [0.4, 0.5) is 0 Å². The van der Waals surface area contributed by atoms with Crippen LogP contribution in [0.25, 0.3) is 16.6 Å². The Labute approximate surface area is 178 Å². The molecule has 4 rings (SSSR count). The summed E-state index contributed by atoms with van der Waals surface area (Å²) < 4.78 is 9.05. The van der Waals surface area contributed by atoms with Crippen molar-refractivity contribution in [2.24, 2.45) is 0 Å². The highest BCUT2D eigenvalue weighted by atomic mass is 79.9. The average molecular weight is 473 g/mol. The smallest absolute Gasteiger partial charge is 0.262 e. The Morgan fingerprint density at radius 3 is 2.79 bits per heavy atom. The van der Waals surface area contributed by atoms with Crippen LogP contribution in [0, 0.1) is 0 Å². The fraction of sp³-hybridized carbons (Fsp3) is 0.200. The van der Waals surface area contributed by atoms with E-state index in [1.54, 1.807) is 30.0 Å². The normalized spacial score (nSPS) is 11.4. The van der Waals surface area contributed by atoms with Crippen LogP contribution in [0.3, 0.4) is 0 Å². The topological polar surface area (TPSA) is 78.5 Å². The van der Waals surface area contributed by atoms with E-state index in [0.29, 0.717) is 46.3 Å². The molecule has 7 nitrogen and oxygen atoms in total. The zero-order chi connectivity index (χ0) is 20.4. The first-order chi connectivity index (χ1) is 14.1. The highest BCUT2D eigenvalue weighted by molar-refractivity contribution is 9.10. The lowest BCUT2D eigenvalue weighted by atomic mass is 10.2. The summed E-state index contributed by atoms with van der Waals surface area (Å²) in [6.07, 6.45) is 1.69. The van der Waals surface area contributed by atoms with Crippen molar-refractivity contribution >= 4 is 44.2 Å². The summed E-state index contributed by atoms with van der Waals surface area (Å²) in [4.78, 5) is 34.5. The highest BCUT2D eigenvalue weighted by Crippen LogP contribution is 2.21. The van der Waals surface area contributed by atoms with Crippen molar-refractivity contribution in [2.45, 2.75) is 17.5 Å². The minimum Gasteiger partial charge on any atom is -0.383 e. The SMILES string of the molecule is COCCn1c(SCc2cc(=O)n3cc(Br)ccc3n2)nc2ccccc2c1=O. The fourth-order valence-electron chi connectivity index (χ4n) is 2.98. The number of benzene rings is 1. The van der Waals surface area contributed by atoms with Crippen molar-refractivity contribution in [3.8, 4) is 0 Å². The highest BCUT2D eigenvalue weighted by Gasteiger charge is 2.12. The Balaban J connectivity index is 1.70. The number of pyridine rings is 1. The Kier molecular flexibility index (Phi) is 5.79. The molecule has 0 spiro atoms. The molecule has 29 heavy (non-hydrogen) atoms. The third kappa shape index (κ3) is 4.12. The molecule has 4 aromatic rings. The van der Waals surface area contributed by atoms with Crippen molar-refractivity contribution < 1.29 is 4.74 Å². The Morgan fingerprint density at radius 2 is 1.97 bits per heavy atom. The molecule has 0 fully saturated rings. The number of hydrogen-bond acceptors (Lipinski definition) is 6. The van der Waals surface area contributed by atoms with Crippen LogP contribution in [0.2, 0.25) is 0 Å². The molecule has 1 aromatic carbocycles. The second kappa shape index (κ2) is 8.48. The van der Waals surface area contributed by atoms with Crippen molar-refractivity contribution in [3.05, 3.63) is 79.5 Å². The van der Waals surface area contributed by atoms with Gasteiger partial charge in [0.15, 0.2) is 5.16 Å². The zero-order valence-corrected chi connectivity index (χ0v) is 17.9. The van der Waals surface area contributed by atoms with Gasteiger partial charge in [-0.05, 0) is 40.2 Å². The number of rotatable bonds is 6. The third-order valence-electron chi connectivity index (χ3n) is 4.37. The Morgan fingerprint density at radius 1 is 1.14 bits per heavy atom. The summed E-state index contributed by atoms with van der Waals surface area (Å²) in [5.41, 5.74) is 1.58. The molecule has 9 heteroatoms. The predicted octanol–water partition coefficient (Wildman–Crippen LogP) is 3.11. The van der Waals surface area contributed by atoms with Crippen LogP contribution in [0.5, 0.6) is 0 Å². The predicted molar refractivity (Wildman–Crippen MR) is 117 cm³/mol. The molecule has 0 saturated heterocycles. The van der Waals surface area contributed by atoms with Gasteiger partial charge in [0.25, 0.3) is 11.1 Å². The van der Waals surface area contributed by atoms with Gasteiger partial charge in [0.05, 0.1) is 29.7 Å². The first-order valence-electron chi connectivity index (χ1n) is 8.86. The number of fused-ring (bicyclic) bond motifs is 2. The van der Waals surface area contributed by atoms with Gasteiger partial charge in [0, 0.05) is 29.6 Å². The second-order valence-electron chi connectivity index (χ2n) is 6.31. The van der Waals surface area contributed by atoms with Gasteiger partial charge in [-0.1, -0.05) is 23.9 Å². The minimum absolute atomic E-state index is 0.105. The first kappa shape index (κ1) is 19.8. The number of halogens is 1. The largest absolute Gasteiger partial charge is 0.383 e. The molecule has 0 aliphatic carbocycles. The molecule has 0 amide bonds. The van der Waals surface area contributed by atoms with Gasteiger partial charge in [0.2, 0.25) is 0 Å². The van der Waals surface area contributed by atoms with Crippen LogP contribution in [0.1, 0.15) is 5.69 Å². The second-order valence-corrected chi connectivity index (χ2v) is 8.17. The van der Waals surface area contributed by atoms with Crippen molar-refractivity contribution in [1.82, 2.24) is 18.9 Å². The lowest BCUT2D eigenvalue weighted by Crippen LogP contribution is -2.25. The molecule has 148 valence electrons. The lowest BCUT2D eigenvalue weighted by Gasteiger charge is -2.12. The third-order valence-corrected chi connectivity index (χ3v) is 5.85. The summed E-state index contributed by atoms with van der Waals surface area (Å²) in [7, 11) is 1.59. The lowest BCUT2D eigenvalue weighted by molar-refractivity contribution is 0.183. The van der Waals surface area contributed by atoms with Crippen molar-refractivity contribution in [1.29, 1.82) is 0 Å².